The van der Waals surface area contributed by atoms with Crippen molar-refractivity contribution in [2.45, 2.75) is 73.1 Å². The van der Waals surface area contributed by atoms with Gasteiger partial charge in [0.05, 0.1) is 11.6 Å². The van der Waals surface area contributed by atoms with Gasteiger partial charge in [0.1, 0.15) is 5.60 Å². The molecular formula is C20H37N5O2S. The van der Waals surface area contributed by atoms with Crippen molar-refractivity contribution in [2.75, 3.05) is 20.1 Å². The molecule has 1 rings (SSSR count). The van der Waals surface area contributed by atoms with Gasteiger partial charge in [-0.05, 0) is 47.0 Å². The Labute approximate surface area is 174 Å². The minimum atomic E-state index is -0.498. The fraction of sp³-hybridized carbons (Fsp3) is 0.750. The quantitative estimate of drug-likeness (QED) is 0.503. The lowest BCUT2D eigenvalue weighted by atomic mass is 10.0. The van der Waals surface area contributed by atoms with Crippen molar-refractivity contribution in [1.82, 2.24) is 20.5 Å². The number of aromatic nitrogens is 1. The number of nitrogens with zero attached hydrogens (tertiary/aromatic N) is 3. The van der Waals surface area contributed by atoms with Crippen molar-refractivity contribution in [3.63, 3.8) is 0 Å². The van der Waals surface area contributed by atoms with Crippen LogP contribution < -0.4 is 10.6 Å². The van der Waals surface area contributed by atoms with Crippen molar-refractivity contribution < 1.29 is 9.53 Å². The van der Waals surface area contributed by atoms with Crippen molar-refractivity contribution >= 4 is 23.4 Å². The molecule has 0 aliphatic heterocycles. The molecule has 0 aromatic carbocycles. The van der Waals surface area contributed by atoms with Gasteiger partial charge in [0, 0.05) is 37.3 Å². The average molecular weight is 412 g/mol. The zero-order valence-corrected chi connectivity index (χ0v) is 19.4. The smallest absolute Gasteiger partial charge is 0.407 e. The molecule has 2 N–H and O–H groups in total. The van der Waals surface area contributed by atoms with E-state index >= 15 is 0 Å². The van der Waals surface area contributed by atoms with Gasteiger partial charge >= 0.3 is 6.09 Å². The summed E-state index contributed by atoms with van der Waals surface area (Å²) in [6.45, 7) is 16.1. The van der Waals surface area contributed by atoms with Gasteiger partial charge in [-0.15, -0.1) is 11.3 Å². The Balaban J connectivity index is 2.66. The number of hydrogen-bond donors (Lipinski definition) is 2. The predicted octanol–water partition coefficient (Wildman–Crippen LogP) is 3.79. The van der Waals surface area contributed by atoms with E-state index in [4.69, 9.17) is 9.73 Å². The summed E-state index contributed by atoms with van der Waals surface area (Å²) in [5.74, 6) is 1.16. The number of aryl methyl sites for hydroxylation is 1. The number of carbonyl (C=O) groups excluding carboxylic acids is 1. The van der Waals surface area contributed by atoms with Crippen LogP contribution in [0.3, 0.4) is 0 Å². The second kappa shape index (κ2) is 11.2. The van der Waals surface area contributed by atoms with Crippen LogP contribution in [0, 0.1) is 12.8 Å². The summed E-state index contributed by atoms with van der Waals surface area (Å²) in [7, 11) is 2.02. The first kappa shape index (κ1) is 24.2. The Morgan fingerprint density at radius 1 is 1.39 bits per heavy atom. The summed E-state index contributed by atoms with van der Waals surface area (Å²) in [6.07, 6.45) is 2.32. The summed E-state index contributed by atoms with van der Waals surface area (Å²) in [5.41, 5.74) is -0.498. The molecule has 0 spiro atoms. The Morgan fingerprint density at radius 2 is 2.07 bits per heavy atom. The maximum Gasteiger partial charge on any atom is 0.407 e. The summed E-state index contributed by atoms with van der Waals surface area (Å²) in [4.78, 5) is 24.4. The molecule has 0 bridgehead atoms. The molecule has 0 aliphatic rings. The number of rotatable bonds is 8. The Hall–Kier alpha value is -1.83. The van der Waals surface area contributed by atoms with Crippen molar-refractivity contribution in [2.24, 2.45) is 10.9 Å². The molecule has 1 atom stereocenters. The van der Waals surface area contributed by atoms with Crippen LogP contribution in [0.1, 0.15) is 57.8 Å². The van der Waals surface area contributed by atoms with Crippen molar-refractivity contribution in [1.29, 1.82) is 0 Å². The first-order valence-corrected chi connectivity index (χ1v) is 10.7. The van der Waals surface area contributed by atoms with Crippen LogP contribution >= 0.6 is 11.3 Å². The topological polar surface area (TPSA) is 78.9 Å². The second-order valence-electron chi connectivity index (χ2n) is 8.22. The molecule has 1 aromatic heterocycles. The number of alkyl carbamates (subject to hydrolysis) is 1. The lowest BCUT2D eigenvalue weighted by Gasteiger charge is -2.28. The number of ether oxygens (including phenoxy) is 1. The highest BCUT2D eigenvalue weighted by Gasteiger charge is 2.22. The molecule has 0 radical (unpaired) electrons. The number of aliphatic imine (C=N–C) groups is 1. The van der Waals surface area contributed by atoms with Gasteiger partial charge < -0.3 is 20.3 Å². The average Bonchev–Trinajstić information content (AvgIpc) is 2.98. The van der Waals surface area contributed by atoms with Gasteiger partial charge in [-0.1, -0.05) is 13.8 Å². The number of hydrogen-bond acceptors (Lipinski definition) is 5. The standard InChI is InChI=1S/C20H37N5O2S/c1-9-21-18(23-13-16-12-22-15(4)28-16)25(8)11-10-17(14(2)3)24-19(26)27-20(5,6)7/h12,14,17H,9-11,13H2,1-8H3,(H,21,23)(H,24,26). The number of guanidine groups is 1. The summed E-state index contributed by atoms with van der Waals surface area (Å²) < 4.78 is 5.40. The fourth-order valence-electron chi connectivity index (χ4n) is 2.57. The van der Waals surface area contributed by atoms with E-state index in [1.54, 1.807) is 11.3 Å². The Morgan fingerprint density at radius 3 is 2.57 bits per heavy atom. The van der Waals surface area contributed by atoms with Gasteiger partial charge in [0.15, 0.2) is 5.96 Å². The molecule has 0 aliphatic carbocycles. The molecule has 0 fully saturated rings. The predicted molar refractivity (Wildman–Crippen MR) is 117 cm³/mol. The molecule has 28 heavy (non-hydrogen) atoms. The maximum absolute atomic E-state index is 12.1. The molecule has 160 valence electrons. The van der Waals surface area contributed by atoms with Crippen molar-refractivity contribution in [3.8, 4) is 0 Å². The Bertz CT molecular complexity index is 637. The van der Waals surface area contributed by atoms with E-state index < -0.39 is 5.60 Å². The monoisotopic (exact) mass is 411 g/mol. The molecule has 1 heterocycles. The molecule has 1 unspecified atom stereocenters. The molecule has 8 heteroatoms. The maximum atomic E-state index is 12.1. The van der Waals surface area contributed by atoms with Crippen LogP contribution in [0.25, 0.3) is 0 Å². The second-order valence-corrected chi connectivity index (χ2v) is 9.54. The summed E-state index contributed by atoms with van der Waals surface area (Å²) in [5, 5.41) is 7.39. The van der Waals surface area contributed by atoms with E-state index in [1.165, 1.54) is 0 Å². The number of nitrogens with one attached hydrogen (secondary N) is 2. The molecule has 0 saturated carbocycles. The van der Waals surface area contributed by atoms with Crippen LogP contribution in [0.5, 0.6) is 0 Å². The van der Waals surface area contributed by atoms with E-state index in [0.29, 0.717) is 12.5 Å². The summed E-state index contributed by atoms with van der Waals surface area (Å²) in [6, 6.07) is 0.0318. The first-order valence-electron chi connectivity index (χ1n) is 9.92. The van der Waals surface area contributed by atoms with E-state index in [2.05, 4.69) is 41.3 Å². The third kappa shape index (κ3) is 9.39. The van der Waals surface area contributed by atoms with E-state index in [-0.39, 0.29) is 12.1 Å². The molecule has 1 amide bonds. The minimum absolute atomic E-state index is 0.0318. The van der Waals surface area contributed by atoms with Crippen LogP contribution in [-0.2, 0) is 11.3 Å². The molecule has 7 nitrogen and oxygen atoms in total. The number of thiazole rings is 1. The van der Waals surface area contributed by atoms with Crippen LogP contribution in [0.15, 0.2) is 11.2 Å². The molecular weight excluding hydrogens is 374 g/mol. The first-order chi connectivity index (χ1) is 13.0. The van der Waals surface area contributed by atoms with Crippen molar-refractivity contribution in [3.05, 3.63) is 16.1 Å². The van der Waals surface area contributed by atoms with Gasteiger partial charge in [0.2, 0.25) is 0 Å². The van der Waals surface area contributed by atoms with Gasteiger partial charge in [-0.2, -0.15) is 0 Å². The zero-order valence-electron chi connectivity index (χ0n) is 18.6. The van der Waals surface area contributed by atoms with Crippen LogP contribution in [-0.4, -0.2) is 53.7 Å². The highest BCUT2D eigenvalue weighted by molar-refractivity contribution is 7.11. The molecule has 1 aromatic rings. The minimum Gasteiger partial charge on any atom is -0.444 e. The third-order valence-electron chi connectivity index (χ3n) is 4.03. The number of carbonyl (C=O) groups is 1. The van der Waals surface area contributed by atoms with Crippen LogP contribution in [0.2, 0.25) is 0 Å². The normalized spacial score (nSPS) is 13.4. The fourth-order valence-corrected chi connectivity index (χ4v) is 3.29. The molecule has 0 saturated heterocycles. The van der Waals surface area contributed by atoms with E-state index in [0.717, 1.165) is 35.4 Å². The highest BCUT2D eigenvalue weighted by atomic mass is 32.1. The summed E-state index contributed by atoms with van der Waals surface area (Å²) >= 11 is 1.67. The SMILES string of the molecule is CCNC(=NCc1cnc(C)s1)N(C)CCC(NC(=O)OC(C)(C)C)C(C)C. The van der Waals surface area contributed by atoms with Gasteiger partial charge in [-0.3, -0.25) is 0 Å². The number of amides is 1. The van der Waals surface area contributed by atoms with E-state index in [1.807, 2.05) is 40.9 Å². The van der Waals surface area contributed by atoms with Gasteiger partial charge in [-0.25, -0.2) is 14.8 Å². The van der Waals surface area contributed by atoms with Gasteiger partial charge in [0.25, 0.3) is 0 Å². The van der Waals surface area contributed by atoms with E-state index in [9.17, 15) is 4.79 Å². The zero-order chi connectivity index (χ0) is 21.3. The highest BCUT2D eigenvalue weighted by Crippen LogP contribution is 2.13. The third-order valence-corrected chi connectivity index (χ3v) is 4.93. The lowest BCUT2D eigenvalue weighted by molar-refractivity contribution is 0.0486. The Kier molecular flexibility index (Phi) is 9.72. The van der Waals surface area contributed by atoms with Crippen LogP contribution in [0.4, 0.5) is 4.79 Å². The largest absolute Gasteiger partial charge is 0.444 e. The lowest BCUT2D eigenvalue weighted by Crippen LogP contribution is -2.45.